The predicted molar refractivity (Wildman–Crippen MR) is 147 cm³/mol. The van der Waals surface area contributed by atoms with Gasteiger partial charge in [0.15, 0.2) is 5.82 Å². The summed E-state index contributed by atoms with van der Waals surface area (Å²) < 4.78 is 25.3. The van der Waals surface area contributed by atoms with Crippen LogP contribution in [0.5, 0.6) is 5.75 Å². The normalized spacial score (nSPS) is 20.8. The second-order valence-electron chi connectivity index (χ2n) is 9.11. The molecule has 4 rings (SSSR count). The van der Waals surface area contributed by atoms with E-state index in [0.717, 1.165) is 11.8 Å². The smallest absolute Gasteiger partial charge is 0.322 e. The average molecular weight is 566 g/mol. The van der Waals surface area contributed by atoms with Gasteiger partial charge >= 0.3 is 5.97 Å². The zero-order chi connectivity index (χ0) is 27.4. The molecule has 0 bridgehead atoms. The number of halogens is 1. The number of nitrogens with two attached hydrogens (primary N) is 2. The fourth-order valence-corrected chi connectivity index (χ4v) is 5.77. The highest BCUT2D eigenvalue weighted by atomic mass is 35.5. The first-order chi connectivity index (χ1) is 18.2. The Morgan fingerprint density at radius 3 is 2.76 bits per heavy atom. The number of carbonyl (C=O) groups is 1. The van der Waals surface area contributed by atoms with Crippen molar-refractivity contribution in [1.29, 1.82) is 0 Å². The van der Waals surface area contributed by atoms with Gasteiger partial charge in [-0.2, -0.15) is 9.97 Å². The maximum absolute atomic E-state index is 12.0. The van der Waals surface area contributed by atoms with Gasteiger partial charge in [-0.1, -0.05) is 18.5 Å². The molecule has 0 spiro atoms. The highest BCUT2D eigenvalue weighted by Crippen LogP contribution is 2.40. The molecule has 0 aliphatic carbocycles. The zero-order valence-corrected chi connectivity index (χ0v) is 23.4. The standard InChI is InChI=1S/C24H33ClN7O5P/c1-14-11-18(37-22(14)32-10-9-19-20(31(3)27)28-24(26)29-21(19)32)12-36-38(30-15(2)23(33)34-4)13-35-17-7-5-16(25)6-8-17/h5-10,14-15,18,22,30H,11-13,27H2,1-4H3,(H2,26,28,29). The van der Waals surface area contributed by atoms with Gasteiger partial charge in [-0.25, -0.2) is 5.84 Å². The van der Waals surface area contributed by atoms with Crippen LogP contribution >= 0.6 is 19.9 Å². The molecule has 3 heterocycles. The lowest BCUT2D eigenvalue weighted by Gasteiger charge is -2.24. The lowest BCUT2D eigenvalue weighted by Crippen LogP contribution is -2.33. The molecule has 1 aliphatic rings. The minimum absolute atomic E-state index is 0.132. The lowest BCUT2D eigenvalue weighted by atomic mass is 10.1. The van der Waals surface area contributed by atoms with E-state index in [0.29, 0.717) is 28.8 Å². The number of hydrazine groups is 1. The molecule has 3 aromatic rings. The number of hydrogen-bond acceptors (Lipinski definition) is 11. The van der Waals surface area contributed by atoms with Gasteiger partial charge < -0.3 is 29.0 Å². The molecule has 206 valence electrons. The summed E-state index contributed by atoms with van der Waals surface area (Å²) in [6, 6.07) is 8.38. The lowest BCUT2D eigenvalue weighted by molar-refractivity contribution is -0.142. The number of hydrogen-bond donors (Lipinski definition) is 3. The largest absolute Gasteiger partial charge is 0.485 e. The van der Waals surface area contributed by atoms with Crippen LogP contribution in [0.4, 0.5) is 11.8 Å². The molecule has 2 aromatic heterocycles. The number of fused-ring (bicyclic) bond motifs is 1. The van der Waals surface area contributed by atoms with Crippen LogP contribution in [0.15, 0.2) is 36.5 Å². The van der Waals surface area contributed by atoms with Crippen molar-refractivity contribution in [3.05, 3.63) is 41.6 Å². The number of esters is 1. The van der Waals surface area contributed by atoms with E-state index in [2.05, 4.69) is 22.0 Å². The Morgan fingerprint density at radius 1 is 1.34 bits per heavy atom. The second-order valence-corrected chi connectivity index (χ2v) is 11.1. The maximum Gasteiger partial charge on any atom is 0.322 e. The fraction of sp³-hybridized carbons (Fsp3) is 0.458. The summed E-state index contributed by atoms with van der Waals surface area (Å²) in [5.41, 5.74) is 6.59. The van der Waals surface area contributed by atoms with Crippen molar-refractivity contribution < 1.29 is 23.5 Å². The molecule has 5 unspecified atom stereocenters. The maximum atomic E-state index is 12.0. The van der Waals surface area contributed by atoms with E-state index in [1.165, 1.54) is 12.1 Å². The van der Waals surface area contributed by atoms with Gasteiger partial charge in [0.1, 0.15) is 38.3 Å². The van der Waals surface area contributed by atoms with Gasteiger partial charge in [0, 0.05) is 24.2 Å². The van der Waals surface area contributed by atoms with E-state index >= 15 is 0 Å². The van der Waals surface area contributed by atoms with Crippen molar-refractivity contribution in [1.82, 2.24) is 19.6 Å². The third-order valence-electron chi connectivity index (χ3n) is 6.10. The molecule has 5 N–H and O–H groups in total. The number of nitrogens with zero attached hydrogens (tertiary/aromatic N) is 4. The number of carbonyl (C=O) groups excluding carboxylic acids is 1. The first-order valence-corrected chi connectivity index (χ1v) is 13.9. The molecule has 0 saturated carbocycles. The van der Waals surface area contributed by atoms with Crippen LogP contribution < -0.4 is 26.4 Å². The van der Waals surface area contributed by atoms with Gasteiger partial charge in [0.05, 0.1) is 25.2 Å². The molecule has 0 radical (unpaired) electrons. The summed E-state index contributed by atoms with van der Waals surface area (Å²) in [5.74, 6) is 7.04. The van der Waals surface area contributed by atoms with Crippen molar-refractivity contribution in [2.75, 3.05) is 37.9 Å². The van der Waals surface area contributed by atoms with E-state index in [4.69, 9.17) is 41.9 Å². The van der Waals surface area contributed by atoms with Crippen LogP contribution in [0.1, 0.15) is 26.5 Å². The number of benzene rings is 1. The van der Waals surface area contributed by atoms with E-state index in [9.17, 15) is 4.79 Å². The van der Waals surface area contributed by atoms with Crippen LogP contribution in [0, 0.1) is 5.92 Å². The summed E-state index contributed by atoms with van der Waals surface area (Å²) in [6.07, 6.45) is 2.44. The van der Waals surface area contributed by atoms with Crippen molar-refractivity contribution in [2.45, 2.75) is 38.6 Å². The summed E-state index contributed by atoms with van der Waals surface area (Å²) in [4.78, 5) is 20.7. The summed E-state index contributed by atoms with van der Waals surface area (Å²) >= 11 is 5.96. The van der Waals surface area contributed by atoms with E-state index in [1.54, 1.807) is 38.2 Å². The molecule has 0 amide bonds. The van der Waals surface area contributed by atoms with E-state index in [1.807, 2.05) is 16.8 Å². The molecule has 1 aromatic carbocycles. The van der Waals surface area contributed by atoms with Crippen molar-refractivity contribution in [3.8, 4) is 5.75 Å². The predicted octanol–water partition coefficient (Wildman–Crippen LogP) is 3.42. The van der Waals surface area contributed by atoms with Crippen molar-refractivity contribution in [2.24, 2.45) is 11.8 Å². The minimum Gasteiger partial charge on any atom is -0.485 e. The monoisotopic (exact) mass is 565 g/mol. The Labute approximate surface area is 227 Å². The minimum atomic E-state index is -1.35. The Morgan fingerprint density at radius 2 is 2.08 bits per heavy atom. The first kappa shape index (κ1) is 28.3. The molecule has 1 saturated heterocycles. The van der Waals surface area contributed by atoms with Crippen molar-refractivity contribution >= 4 is 48.7 Å². The molecule has 12 nitrogen and oxygen atoms in total. The van der Waals surface area contributed by atoms with Gasteiger partial charge in [-0.05, 0) is 43.7 Å². The highest BCUT2D eigenvalue weighted by Gasteiger charge is 2.35. The SMILES string of the molecule is COC(=O)C(C)NP(COc1ccc(Cl)cc1)OCC1CC(C)C(n2ccc3c(N(C)N)nc(N)nc32)O1. The Hall–Kier alpha value is -2.73. The number of anilines is 2. The summed E-state index contributed by atoms with van der Waals surface area (Å²) in [7, 11) is 1.69. The number of rotatable bonds is 11. The first-order valence-electron chi connectivity index (χ1n) is 12.1. The molecular weight excluding hydrogens is 533 g/mol. The van der Waals surface area contributed by atoms with Crippen LogP contribution in [0.3, 0.4) is 0 Å². The Kier molecular flexibility index (Phi) is 9.24. The summed E-state index contributed by atoms with van der Waals surface area (Å²) in [5, 5.41) is 5.99. The van der Waals surface area contributed by atoms with E-state index < -0.39 is 14.3 Å². The molecule has 38 heavy (non-hydrogen) atoms. The molecule has 5 atom stereocenters. The van der Waals surface area contributed by atoms with Crippen molar-refractivity contribution in [3.63, 3.8) is 0 Å². The quantitative estimate of drug-likeness (QED) is 0.136. The second kappa shape index (κ2) is 12.4. The van der Waals surface area contributed by atoms with Crippen LogP contribution in [0.25, 0.3) is 11.0 Å². The number of nitrogen functional groups attached to an aromatic ring is 1. The number of aromatic nitrogens is 3. The zero-order valence-electron chi connectivity index (χ0n) is 21.7. The topological polar surface area (TPSA) is 152 Å². The van der Waals surface area contributed by atoms with Crippen LogP contribution in [-0.4, -0.2) is 59.8 Å². The average Bonchev–Trinajstić information content (AvgIpc) is 3.47. The van der Waals surface area contributed by atoms with E-state index in [-0.39, 0.29) is 36.5 Å². The highest BCUT2D eigenvalue weighted by molar-refractivity contribution is 7.50. The summed E-state index contributed by atoms with van der Waals surface area (Å²) in [6.45, 7) is 4.14. The number of methoxy groups -OCH3 is 1. The van der Waals surface area contributed by atoms with Crippen LogP contribution in [0.2, 0.25) is 5.02 Å². The Bertz CT molecular complexity index is 1240. The van der Waals surface area contributed by atoms with Gasteiger partial charge in [-0.3, -0.25) is 14.9 Å². The van der Waals surface area contributed by atoms with Crippen LogP contribution in [-0.2, 0) is 18.8 Å². The number of nitrogens with one attached hydrogen (secondary N) is 1. The third-order valence-corrected chi connectivity index (χ3v) is 7.85. The third kappa shape index (κ3) is 6.63. The molecule has 14 heteroatoms. The molecule has 1 aliphatic heterocycles. The number of ether oxygens (including phenoxy) is 3. The Balaban J connectivity index is 1.43. The molecular formula is C24H33ClN7O5P. The van der Waals surface area contributed by atoms with Gasteiger partial charge in [0.2, 0.25) is 5.95 Å². The molecule has 1 fully saturated rings. The van der Waals surface area contributed by atoms with Gasteiger partial charge in [-0.15, -0.1) is 0 Å². The fourth-order valence-electron chi connectivity index (χ4n) is 4.27. The van der Waals surface area contributed by atoms with Gasteiger partial charge in [0.25, 0.3) is 0 Å².